The largest absolute Gasteiger partial charge is 0.333 e. The topological polar surface area (TPSA) is 57.8 Å². The first kappa shape index (κ1) is 15.1. The molecule has 1 amide bonds. The molecule has 3 rings (SSSR count). The molecule has 2 aromatic carbocycles. The van der Waals surface area contributed by atoms with Gasteiger partial charge in [0.1, 0.15) is 0 Å². The van der Waals surface area contributed by atoms with E-state index in [-0.39, 0.29) is 11.2 Å². The lowest BCUT2D eigenvalue weighted by atomic mass is 10.3. The Bertz CT molecular complexity index is 768. The molecule has 0 aliphatic rings. The van der Waals surface area contributed by atoms with Crippen molar-refractivity contribution in [1.82, 2.24) is 9.97 Å². The summed E-state index contributed by atoms with van der Waals surface area (Å²) in [5.74, 6) is -0.0484. The number of nitrogens with zero attached hydrogens (tertiary/aromatic N) is 1. The number of para-hydroxylation sites is 2. The van der Waals surface area contributed by atoms with Gasteiger partial charge in [0.15, 0.2) is 5.16 Å². The Morgan fingerprint density at radius 1 is 1.23 bits per heavy atom. The van der Waals surface area contributed by atoms with Gasteiger partial charge in [0, 0.05) is 10.2 Å². The Balaban J connectivity index is 1.66. The number of rotatable bonds is 4. The van der Waals surface area contributed by atoms with E-state index in [1.165, 1.54) is 11.8 Å². The number of aromatic nitrogens is 2. The van der Waals surface area contributed by atoms with Crippen molar-refractivity contribution in [2.24, 2.45) is 0 Å². The van der Waals surface area contributed by atoms with E-state index in [9.17, 15) is 4.79 Å². The van der Waals surface area contributed by atoms with Crippen molar-refractivity contribution in [1.29, 1.82) is 0 Å². The molecule has 0 aliphatic heterocycles. The lowest BCUT2D eigenvalue weighted by molar-refractivity contribution is -0.115. The predicted octanol–water partition coefficient (Wildman–Crippen LogP) is 4.44. The molecule has 112 valence electrons. The molecule has 1 atom stereocenters. The molecule has 0 bridgehead atoms. The van der Waals surface area contributed by atoms with Crippen molar-refractivity contribution in [3.05, 3.63) is 53.0 Å². The van der Waals surface area contributed by atoms with Gasteiger partial charge < -0.3 is 10.3 Å². The molecule has 1 heterocycles. The maximum atomic E-state index is 12.2. The van der Waals surface area contributed by atoms with Gasteiger partial charge in [-0.25, -0.2) is 4.98 Å². The SMILES string of the molecule is CC(Sc1nc2ccccc2[nH]1)C(=O)Nc1ccc(Br)cc1. The average Bonchev–Trinajstić information content (AvgIpc) is 2.91. The Labute approximate surface area is 140 Å². The first-order chi connectivity index (χ1) is 10.6. The molecule has 1 unspecified atom stereocenters. The third-order valence-corrected chi connectivity index (χ3v) is 4.65. The van der Waals surface area contributed by atoms with Gasteiger partial charge in [0.05, 0.1) is 16.3 Å². The highest BCUT2D eigenvalue weighted by Crippen LogP contribution is 2.24. The van der Waals surface area contributed by atoms with Crippen LogP contribution in [-0.2, 0) is 4.79 Å². The van der Waals surface area contributed by atoms with E-state index in [4.69, 9.17) is 0 Å². The summed E-state index contributed by atoms with van der Waals surface area (Å²) in [4.78, 5) is 19.9. The Hall–Kier alpha value is -1.79. The van der Waals surface area contributed by atoms with E-state index in [1.54, 1.807) is 0 Å². The number of aromatic amines is 1. The number of halogens is 1. The van der Waals surface area contributed by atoms with Gasteiger partial charge in [-0.15, -0.1) is 0 Å². The number of hydrogen-bond donors (Lipinski definition) is 2. The zero-order chi connectivity index (χ0) is 15.5. The number of carbonyl (C=O) groups excluding carboxylic acids is 1. The van der Waals surface area contributed by atoms with Crippen molar-refractivity contribution in [2.45, 2.75) is 17.3 Å². The summed E-state index contributed by atoms with van der Waals surface area (Å²) in [6.07, 6.45) is 0. The first-order valence-electron chi connectivity index (χ1n) is 6.79. The van der Waals surface area contributed by atoms with Gasteiger partial charge in [-0.3, -0.25) is 4.79 Å². The lowest BCUT2D eigenvalue weighted by Gasteiger charge is -2.10. The third-order valence-electron chi connectivity index (χ3n) is 3.14. The van der Waals surface area contributed by atoms with Crippen LogP contribution in [0.4, 0.5) is 5.69 Å². The monoisotopic (exact) mass is 375 g/mol. The highest BCUT2D eigenvalue weighted by atomic mass is 79.9. The lowest BCUT2D eigenvalue weighted by Crippen LogP contribution is -2.22. The molecular formula is C16H14BrN3OS. The zero-order valence-electron chi connectivity index (χ0n) is 11.8. The van der Waals surface area contributed by atoms with Crippen molar-refractivity contribution < 1.29 is 4.79 Å². The molecular weight excluding hydrogens is 362 g/mol. The van der Waals surface area contributed by atoms with Gasteiger partial charge in [0.2, 0.25) is 5.91 Å². The second kappa shape index (κ2) is 6.54. The Morgan fingerprint density at radius 2 is 1.95 bits per heavy atom. The van der Waals surface area contributed by atoms with Gasteiger partial charge in [-0.2, -0.15) is 0 Å². The highest BCUT2D eigenvalue weighted by molar-refractivity contribution is 9.10. The highest BCUT2D eigenvalue weighted by Gasteiger charge is 2.16. The summed E-state index contributed by atoms with van der Waals surface area (Å²) in [5, 5.41) is 3.40. The van der Waals surface area contributed by atoms with E-state index in [0.29, 0.717) is 0 Å². The van der Waals surface area contributed by atoms with Gasteiger partial charge >= 0.3 is 0 Å². The van der Waals surface area contributed by atoms with Crippen LogP contribution < -0.4 is 5.32 Å². The fourth-order valence-corrected chi connectivity index (χ4v) is 3.07. The van der Waals surface area contributed by atoms with Crippen LogP contribution in [0.3, 0.4) is 0 Å². The van der Waals surface area contributed by atoms with Crippen LogP contribution in [0.2, 0.25) is 0 Å². The van der Waals surface area contributed by atoms with Crippen LogP contribution >= 0.6 is 27.7 Å². The fourth-order valence-electron chi connectivity index (χ4n) is 1.98. The van der Waals surface area contributed by atoms with Gasteiger partial charge in [-0.05, 0) is 43.3 Å². The second-order valence-corrected chi connectivity index (χ2v) is 7.06. The quantitative estimate of drug-likeness (QED) is 0.662. The van der Waals surface area contributed by atoms with Crippen LogP contribution in [0.15, 0.2) is 58.2 Å². The van der Waals surface area contributed by atoms with Crippen molar-refractivity contribution in [3.8, 4) is 0 Å². The molecule has 6 heteroatoms. The maximum Gasteiger partial charge on any atom is 0.237 e. The number of carbonyl (C=O) groups is 1. The number of H-pyrrole nitrogens is 1. The van der Waals surface area contributed by atoms with Crippen molar-refractivity contribution in [2.75, 3.05) is 5.32 Å². The van der Waals surface area contributed by atoms with E-state index >= 15 is 0 Å². The standard InChI is InChI=1S/C16H14BrN3OS/c1-10(15(21)18-12-8-6-11(17)7-9-12)22-16-19-13-4-2-3-5-14(13)20-16/h2-10H,1H3,(H,18,21)(H,19,20). The molecule has 0 saturated heterocycles. The number of benzene rings is 2. The Morgan fingerprint density at radius 3 is 2.68 bits per heavy atom. The summed E-state index contributed by atoms with van der Waals surface area (Å²) >= 11 is 4.78. The number of fused-ring (bicyclic) bond motifs is 1. The summed E-state index contributed by atoms with van der Waals surface area (Å²) < 4.78 is 0.982. The Kier molecular flexibility index (Phi) is 4.49. The molecule has 22 heavy (non-hydrogen) atoms. The number of thioether (sulfide) groups is 1. The molecule has 0 saturated carbocycles. The molecule has 0 radical (unpaired) electrons. The molecule has 3 aromatic rings. The second-order valence-electron chi connectivity index (χ2n) is 4.82. The van der Waals surface area contributed by atoms with E-state index in [1.807, 2.05) is 55.5 Å². The minimum absolute atomic E-state index is 0.0484. The third kappa shape index (κ3) is 3.51. The number of amides is 1. The summed E-state index contributed by atoms with van der Waals surface area (Å²) in [5.41, 5.74) is 2.67. The predicted molar refractivity (Wildman–Crippen MR) is 94.2 cm³/mol. The van der Waals surface area contributed by atoms with E-state index in [0.717, 1.165) is 26.3 Å². The van der Waals surface area contributed by atoms with Crippen LogP contribution in [-0.4, -0.2) is 21.1 Å². The molecule has 2 N–H and O–H groups in total. The fraction of sp³-hybridized carbons (Fsp3) is 0.125. The molecule has 0 aliphatic carbocycles. The maximum absolute atomic E-state index is 12.2. The zero-order valence-corrected chi connectivity index (χ0v) is 14.2. The minimum Gasteiger partial charge on any atom is -0.333 e. The van der Waals surface area contributed by atoms with Crippen molar-refractivity contribution in [3.63, 3.8) is 0 Å². The average molecular weight is 376 g/mol. The number of anilines is 1. The van der Waals surface area contributed by atoms with Crippen LogP contribution in [0, 0.1) is 0 Å². The van der Waals surface area contributed by atoms with Crippen molar-refractivity contribution >= 4 is 50.3 Å². The minimum atomic E-state index is -0.246. The summed E-state index contributed by atoms with van der Waals surface area (Å²) in [6, 6.07) is 15.3. The van der Waals surface area contributed by atoms with Gasteiger partial charge in [-0.1, -0.05) is 39.8 Å². The van der Waals surface area contributed by atoms with Gasteiger partial charge in [0.25, 0.3) is 0 Å². The summed E-state index contributed by atoms with van der Waals surface area (Å²) in [7, 11) is 0. The first-order valence-corrected chi connectivity index (χ1v) is 8.47. The van der Waals surface area contributed by atoms with Crippen LogP contribution in [0.25, 0.3) is 11.0 Å². The number of imidazole rings is 1. The molecule has 0 spiro atoms. The van der Waals surface area contributed by atoms with E-state index in [2.05, 4.69) is 31.2 Å². The van der Waals surface area contributed by atoms with E-state index < -0.39 is 0 Å². The molecule has 4 nitrogen and oxygen atoms in total. The number of nitrogens with one attached hydrogen (secondary N) is 2. The smallest absolute Gasteiger partial charge is 0.237 e. The summed E-state index contributed by atoms with van der Waals surface area (Å²) in [6.45, 7) is 1.87. The van der Waals surface area contributed by atoms with Crippen LogP contribution in [0.1, 0.15) is 6.92 Å². The normalized spacial score (nSPS) is 12.3. The molecule has 0 fully saturated rings. The molecule has 1 aromatic heterocycles. The van der Waals surface area contributed by atoms with Crippen LogP contribution in [0.5, 0.6) is 0 Å². The number of hydrogen-bond acceptors (Lipinski definition) is 3.